The number of fused-ring (bicyclic) bond motifs is 1. The Balaban J connectivity index is 2.58. The number of nitrogens with zero attached hydrogens (tertiary/aromatic N) is 1. The molecule has 0 atom stereocenters. The first-order valence-corrected chi connectivity index (χ1v) is 6.52. The molecule has 2 N–H and O–H groups in total. The summed E-state index contributed by atoms with van der Waals surface area (Å²) in [6.07, 6.45) is 1.18. The smallest absolute Gasteiger partial charge is 0.419 e. The largest absolute Gasteiger partial charge is 0.443 e. The standard InChI is InChI=1S/C15H20N2O3/c1-15(2,3)20-14(19)17-8-10(9-18)13-11(16-4)6-5-7-12(13)17/h5-8,16,18H,9H2,1-4H3. The number of nitrogens with one attached hydrogen (secondary N) is 1. The first kappa shape index (κ1) is 14.4. The van der Waals surface area contributed by atoms with Crippen molar-refractivity contribution in [3.8, 4) is 0 Å². The van der Waals surface area contributed by atoms with Gasteiger partial charge in [-0.25, -0.2) is 4.79 Å². The van der Waals surface area contributed by atoms with Crippen LogP contribution in [-0.4, -0.2) is 28.4 Å². The highest BCUT2D eigenvalue weighted by Crippen LogP contribution is 2.29. The van der Waals surface area contributed by atoms with E-state index in [0.29, 0.717) is 5.56 Å². The lowest BCUT2D eigenvalue weighted by Crippen LogP contribution is -2.26. The maximum atomic E-state index is 12.2. The summed E-state index contributed by atoms with van der Waals surface area (Å²) >= 11 is 0. The molecule has 0 aliphatic heterocycles. The average molecular weight is 276 g/mol. The van der Waals surface area contributed by atoms with Gasteiger partial charge in [-0.15, -0.1) is 0 Å². The van der Waals surface area contributed by atoms with Gasteiger partial charge in [-0.2, -0.15) is 0 Å². The summed E-state index contributed by atoms with van der Waals surface area (Å²) in [5.41, 5.74) is 1.72. The molecule has 1 aromatic heterocycles. The Kier molecular flexibility index (Phi) is 3.72. The number of rotatable bonds is 2. The molecule has 0 radical (unpaired) electrons. The van der Waals surface area contributed by atoms with Gasteiger partial charge >= 0.3 is 6.09 Å². The van der Waals surface area contributed by atoms with Crippen LogP contribution in [0.5, 0.6) is 0 Å². The Bertz CT molecular complexity index is 638. The highest BCUT2D eigenvalue weighted by molar-refractivity contribution is 5.99. The van der Waals surface area contributed by atoms with E-state index >= 15 is 0 Å². The lowest BCUT2D eigenvalue weighted by atomic mass is 10.1. The average Bonchev–Trinajstić information content (AvgIpc) is 2.75. The van der Waals surface area contributed by atoms with Crippen molar-refractivity contribution < 1.29 is 14.6 Å². The molecule has 108 valence electrons. The summed E-state index contributed by atoms with van der Waals surface area (Å²) in [6.45, 7) is 5.33. The molecule has 0 aliphatic carbocycles. The van der Waals surface area contributed by atoms with Crippen molar-refractivity contribution in [2.45, 2.75) is 33.0 Å². The molecule has 0 bridgehead atoms. The fraction of sp³-hybridized carbons (Fsp3) is 0.400. The number of benzene rings is 1. The summed E-state index contributed by atoms with van der Waals surface area (Å²) in [5.74, 6) is 0. The van der Waals surface area contributed by atoms with Gasteiger partial charge in [-0.05, 0) is 32.9 Å². The molecular formula is C15H20N2O3. The van der Waals surface area contributed by atoms with E-state index in [1.54, 1.807) is 13.2 Å². The molecule has 0 unspecified atom stereocenters. The monoisotopic (exact) mass is 276 g/mol. The van der Waals surface area contributed by atoms with Gasteiger partial charge in [-0.1, -0.05) is 6.07 Å². The van der Waals surface area contributed by atoms with E-state index in [0.717, 1.165) is 16.6 Å². The van der Waals surface area contributed by atoms with Gasteiger partial charge in [0.2, 0.25) is 0 Å². The highest BCUT2D eigenvalue weighted by atomic mass is 16.6. The number of aliphatic hydroxyl groups excluding tert-OH is 1. The zero-order valence-corrected chi connectivity index (χ0v) is 12.2. The van der Waals surface area contributed by atoms with Crippen molar-refractivity contribution in [2.75, 3.05) is 12.4 Å². The third-order valence-corrected chi connectivity index (χ3v) is 2.94. The zero-order chi connectivity index (χ0) is 14.9. The quantitative estimate of drug-likeness (QED) is 0.885. The number of carbonyl (C=O) groups excluding carboxylic acids is 1. The van der Waals surface area contributed by atoms with Crippen molar-refractivity contribution in [3.05, 3.63) is 30.0 Å². The Morgan fingerprint density at radius 2 is 2.10 bits per heavy atom. The van der Waals surface area contributed by atoms with Crippen LogP contribution in [0.25, 0.3) is 10.9 Å². The number of anilines is 1. The van der Waals surface area contributed by atoms with Crippen LogP contribution in [0.15, 0.2) is 24.4 Å². The lowest BCUT2D eigenvalue weighted by Gasteiger charge is -2.19. The van der Waals surface area contributed by atoms with Crippen LogP contribution in [0, 0.1) is 0 Å². The summed E-state index contributed by atoms with van der Waals surface area (Å²) in [5, 5.41) is 13.4. The van der Waals surface area contributed by atoms with Crippen LogP contribution >= 0.6 is 0 Å². The van der Waals surface area contributed by atoms with Gasteiger partial charge in [0.25, 0.3) is 0 Å². The molecule has 20 heavy (non-hydrogen) atoms. The van der Waals surface area contributed by atoms with Gasteiger partial charge < -0.3 is 15.2 Å². The molecule has 0 spiro atoms. The van der Waals surface area contributed by atoms with Crippen molar-refractivity contribution in [1.82, 2.24) is 4.57 Å². The minimum atomic E-state index is -0.562. The molecule has 0 saturated heterocycles. The number of aromatic nitrogens is 1. The molecule has 1 heterocycles. The maximum absolute atomic E-state index is 12.2. The van der Waals surface area contributed by atoms with Gasteiger partial charge in [0.05, 0.1) is 12.1 Å². The third kappa shape index (κ3) is 2.63. The normalized spacial score (nSPS) is 11.7. The Labute approximate surface area is 118 Å². The SMILES string of the molecule is CNc1cccc2c1c(CO)cn2C(=O)OC(C)(C)C. The molecule has 0 aliphatic rings. The fourth-order valence-corrected chi connectivity index (χ4v) is 2.16. The molecule has 5 heteroatoms. The van der Waals surface area contributed by atoms with Crippen LogP contribution in [0.1, 0.15) is 26.3 Å². The Hall–Kier alpha value is -2.01. The van der Waals surface area contributed by atoms with Gasteiger partial charge in [0, 0.05) is 29.9 Å². The number of ether oxygens (including phenoxy) is 1. The predicted molar refractivity (Wildman–Crippen MR) is 79.0 cm³/mol. The number of hydrogen-bond acceptors (Lipinski definition) is 4. The number of hydrogen-bond donors (Lipinski definition) is 2. The van der Waals surface area contributed by atoms with E-state index in [2.05, 4.69) is 5.32 Å². The topological polar surface area (TPSA) is 63.5 Å². The second kappa shape index (κ2) is 5.17. The first-order chi connectivity index (χ1) is 9.37. The molecule has 0 fully saturated rings. The van der Waals surface area contributed by atoms with Gasteiger partial charge in [-0.3, -0.25) is 4.57 Å². The van der Waals surface area contributed by atoms with Crippen LogP contribution in [0.4, 0.5) is 10.5 Å². The highest BCUT2D eigenvalue weighted by Gasteiger charge is 2.21. The number of aliphatic hydroxyl groups is 1. The predicted octanol–water partition coefficient (Wildman–Crippen LogP) is 2.96. The van der Waals surface area contributed by atoms with E-state index in [9.17, 15) is 9.90 Å². The van der Waals surface area contributed by atoms with Crippen LogP contribution in [-0.2, 0) is 11.3 Å². The van der Waals surface area contributed by atoms with E-state index in [4.69, 9.17) is 4.74 Å². The summed E-state index contributed by atoms with van der Waals surface area (Å²) in [6, 6.07) is 5.59. The fourth-order valence-electron chi connectivity index (χ4n) is 2.16. The Morgan fingerprint density at radius 3 is 2.65 bits per heavy atom. The second-order valence-electron chi connectivity index (χ2n) is 5.61. The van der Waals surface area contributed by atoms with E-state index in [1.807, 2.05) is 39.0 Å². The number of carbonyl (C=O) groups is 1. The zero-order valence-electron chi connectivity index (χ0n) is 12.2. The lowest BCUT2D eigenvalue weighted by molar-refractivity contribution is 0.0544. The minimum Gasteiger partial charge on any atom is -0.443 e. The molecule has 0 amide bonds. The molecule has 1 aromatic carbocycles. The first-order valence-electron chi connectivity index (χ1n) is 6.52. The van der Waals surface area contributed by atoms with Crippen LogP contribution < -0.4 is 5.32 Å². The molecule has 0 saturated carbocycles. The molecule has 2 aromatic rings. The van der Waals surface area contributed by atoms with Crippen molar-refractivity contribution in [1.29, 1.82) is 0 Å². The van der Waals surface area contributed by atoms with Crippen LogP contribution in [0.3, 0.4) is 0 Å². The third-order valence-electron chi connectivity index (χ3n) is 2.94. The van der Waals surface area contributed by atoms with Crippen molar-refractivity contribution in [2.24, 2.45) is 0 Å². The van der Waals surface area contributed by atoms with Crippen LogP contribution in [0.2, 0.25) is 0 Å². The summed E-state index contributed by atoms with van der Waals surface area (Å²) < 4.78 is 6.82. The molecule has 2 rings (SSSR count). The second-order valence-corrected chi connectivity index (χ2v) is 5.61. The minimum absolute atomic E-state index is 0.134. The molecular weight excluding hydrogens is 256 g/mol. The van der Waals surface area contributed by atoms with E-state index < -0.39 is 11.7 Å². The summed E-state index contributed by atoms with van der Waals surface area (Å²) in [7, 11) is 1.81. The van der Waals surface area contributed by atoms with Crippen molar-refractivity contribution >= 4 is 22.7 Å². The van der Waals surface area contributed by atoms with Gasteiger partial charge in [0.1, 0.15) is 5.60 Å². The van der Waals surface area contributed by atoms with Crippen molar-refractivity contribution in [3.63, 3.8) is 0 Å². The van der Waals surface area contributed by atoms with E-state index in [-0.39, 0.29) is 6.61 Å². The van der Waals surface area contributed by atoms with E-state index in [1.165, 1.54) is 4.57 Å². The maximum Gasteiger partial charge on any atom is 0.419 e. The molecule has 5 nitrogen and oxygen atoms in total. The summed E-state index contributed by atoms with van der Waals surface area (Å²) in [4.78, 5) is 12.2. The van der Waals surface area contributed by atoms with Gasteiger partial charge in [0.15, 0.2) is 0 Å². The Morgan fingerprint density at radius 1 is 1.40 bits per heavy atom.